The Morgan fingerprint density at radius 2 is 1.65 bits per heavy atom. The van der Waals surface area contributed by atoms with Crippen LogP contribution >= 0.6 is 11.6 Å². The van der Waals surface area contributed by atoms with Crippen molar-refractivity contribution < 1.29 is 18.8 Å². The van der Waals surface area contributed by atoms with Crippen LogP contribution in [-0.4, -0.2) is 64.5 Å². The fourth-order valence-corrected chi connectivity index (χ4v) is 3.72. The summed E-state index contributed by atoms with van der Waals surface area (Å²) in [5, 5.41) is 4.68. The molecule has 3 aromatic rings. The van der Waals surface area contributed by atoms with Gasteiger partial charge in [-0.1, -0.05) is 49.7 Å². The lowest BCUT2D eigenvalue weighted by Crippen LogP contribution is -2.51. The molecule has 0 bridgehead atoms. The van der Waals surface area contributed by atoms with Crippen LogP contribution < -0.4 is 4.74 Å². The molecule has 4 rings (SSSR count). The second-order valence-corrected chi connectivity index (χ2v) is 9.57. The Bertz CT molecular complexity index is 1160. The van der Waals surface area contributed by atoms with E-state index >= 15 is 0 Å². The molecule has 2 heterocycles. The second kappa shape index (κ2) is 9.85. The molecule has 0 atom stereocenters. The first-order valence-corrected chi connectivity index (χ1v) is 11.5. The maximum atomic E-state index is 13.3. The fourth-order valence-electron chi connectivity index (χ4n) is 3.59. The van der Waals surface area contributed by atoms with Crippen LogP contribution in [0.4, 0.5) is 0 Å². The van der Waals surface area contributed by atoms with Crippen molar-refractivity contribution >= 4 is 23.4 Å². The average molecular weight is 483 g/mol. The van der Waals surface area contributed by atoms with Crippen LogP contribution in [0.5, 0.6) is 5.75 Å². The van der Waals surface area contributed by atoms with E-state index in [1.807, 2.05) is 32.9 Å². The first-order chi connectivity index (χ1) is 16.2. The van der Waals surface area contributed by atoms with E-state index in [9.17, 15) is 9.59 Å². The molecule has 1 aliphatic rings. The van der Waals surface area contributed by atoms with Crippen molar-refractivity contribution in [3.05, 3.63) is 64.9 Å². The van der Waals surface area contributed by atoms with E-state index in [0.717, 1.165) is 0 Å². The number of hydrogen-bond donors (Lipinski definition) is 0. The Hall–Kier alpha value is -3.39. The summed E-state index contributed by atoms with van der Waals surface area (Å²) in [5.41, 5.74) is 0.837. The van der Waals surface area contributed by atoms with Gasteiger partial charge in [-0.25, -0.2) is 0 Å². The highest BCUT2D eigenvalue weighted by Crippen LogP contribution is 2.27. The minimum Gasteiger partial charge on any atom is -0.484 e. The van der Waals surface area contributed by atoms with Gasteiger partial charge < -0.3 is 19.1 Å². The van der Waals surface area contributed by atoms with Crippen LogP contribution in [-0.2, 0) is 10.2 Å². The number of nitrogens with zero attached hydrogens (tertiary/aromatic N) is 4. The molecular weight excluding hydrogens is 456 g/mol. The fraction of sp³-hybridized carbons (Fsp3) is 0.360. The minimum atomic E-state index is -0.263. The molecular formula is C25H27ClN4O4. The van der Waals surface area contributed by atoms with Gasteiger partial charge in [-0.2, -0.15) is 4.98 Å². The zero-order valence-electron chi connectivity index (χ0n) is 19.5. The molecule has 8 nitrogen and oxygen atoms in total. The Morgan fingerprint density at radius 3 is 2.29 bits per heavy atom. The number of aromatic nitrogens is 2. The highest BCUT2D eigenvalue weighted by molar-refractivity contribution is 6.30. The molecule has 1 fully saturated rings. The molecule has 0 unspecified atom stereocenters. The van der Waals surface area contributed by atoms with E-state index in [-0.39, 0.29) is 23.8 Å². The summed E-state index contributed by atoms with van der Waals surface area (Å²) < 4.78 is 11.0. The van der Waals surface area contributed by atoms with Crippen LogP contribution in [0.15, 0.2) is 53.1 Å². The van der Waals surface area contributed by atoms with E-state index < -0.39 is 0 Å². The number of piperazine rings is 1. The molecule has 1 saturated heterocycles. The van der Waals surface area contributed by atoms with Crippen molar-refractivity contribution in [1.82, 2.24) is 19.9 Å². The molecule has 2 amide bonds. The summed E-state index contributed by atoms with van der Waals surface area (Å²) in [6, 6.07) is 14.1. The SMILES string of the molecule is CC(C)(C)c1noc(-c2ccccc2C(=O)N2CCN(C(=O)COc3ccc(Cl)cc3)CC2)n1. The summed E-state index contributed by atoms with van der Waals surface area (Å²) in [6.45, 7) is 7.66. The largest absolute Gasteiger partial charge is 0.484 e. The van der Waals surface area contributed by atoms with Crippen molar-refractivity contribution in [2.24, 2.45) is 0 Å². The van der Waals surface area contributed by atoms with Crippen LogP contribution in [0.25, 0.3) is 11.5 Å². The Morgan fingerprint density at radius 1 is 1.00 bits per heavy atom. The zero-order valence-corrected chi connectivity index (χ0v) is 20.2. The van der Waals surface area contributed by atoms with Gasteiger partial charge in [-0.15, -0.1) is 0 Å². The van der Waals surface area contributed by atoms with Gasteiger partial charge in [0.15, 0.2) is 12.4 Å². The lowest BCUT2D eigenvalue weighted by molar-refractivity contribution is -0.134. The number of hydrogen-bond acceptors (Lipinski definition) is 6. The minimum absolute atomic E-state index is 0.0638. The molecule has 2 aromatic carbocycles. The van der Waals surface area contributed by atoms with Gasteiger partial charge in [0, 0.05) is 36.6 Å². The Balaban J connectivity index is 1.38. The Labute approximate surface area is 203 Å². The van der Waals surface area contributed by atoms with Crippen LogP contribution in [0.3, 0.4) is 0 Å². The lowest BCUT2D eigenvalue weighted by Gasteiger charge is -2.35. The second-order valence-electron chi connectivity index (χ2n) is 9.13. The number of carbonyl (C=O) groups excluding carboxylic acids is 2. The predicted octanol–water partition coefficient (Wildman–Crippen LogP) is 4.05. The van der Waals surface area contributed by atoms with E-state index in [4.69, 9.17) is 20.9 Å². The molecule has 0 radical (unpaired) electrons. The van der Waals surface area contributed by atoms with Crippen molar-refractivity contribution in [1.29, 1.82) is 0 Å². The van der Waals surface area contributed by atoms with Gasteiger partial charge in [-0.05, 0) is 36.4 Å². The standard InChI is InChI=1S/C25H27ClN4O4/c1-25(2,3)24-27-22(34-28-24)19-6-4-5-7-20(19)23(32)30-14-12-29(13-15-30)21(31)16-33-18-10-8-17(26)9-11-18/h4-11H,12-16H2,1-3H3. The number of rotatable bonds is 5. The molecule has 0 spiro atoms. The molecule has 34 heavy (non-hydrogen) atoms. The third-order valence-electron chi connectivity index (χ3n) is 5.58. The van der Waals surface area contributed by atoms with Crippen LogP contribution in [0, 0.1) is 0 Å². The summed E-state index contributed by atoms with van der Waals surface area (Å²) in [7, 11) is 0. The van der Waals surface area contributed by atoms with E-state index in [1.165, 1.54) is 0 Å². The Kier molecular flexibility index (Phi) is 6.88. The van der Waals surface area contributed by atoms with E-state index in [1.54, 1.807) is 46.2 Å². The van der Waals surface area contributed by atoms with Crippen molar-refractivity contribution in [3.8, 4) is 17.2 Å². The molecule has 0 saturated carbocycles. The van der Waals surface area contributed by atoms with Gasteiger partial charge in [0.1, 0.15) is 5.75 Å². The third-order valence-corrected chi connectivity index (χ3v) is 5.83. The van der Waals surface area contributed by atoms with Crippen LogP contribution in [0.1, 0.15) is 37.0 Å². The van der Waals surface area contributed by atoms with E-state index in [0.29, 0.717) is 59.8 Å². The maximum Gasteiger partial charge on any atom is 0.260 e. The molecule has 1 aromatic heterocycles. The monoisotopic (exact) mass is 482 g/mol. The van der Waals surface area contributed by atoms with Gasteiger partial charge in [-0.3, -0.25) is 9.59 Å². The topological polar surface area (TPSA) is 88.8 Å². The van der Waals surface area contributed by atoms with Gasteiger partial charge in [0.05, 0.1) is 11.1 Å². The molecule has 0 aliphatic carbocycles. The first-order valence-electron chi connectivity index (χ1n) is 11.1. The van der Waals surface area contributed by atoms with Gasteiger partial charge in [0.2, 0.25) is 0 Å². The van der Waals surface area contributed by atoms with Crippen molar-refractivity contribution in [2.45, 2.75) is 26.2 Å². The number of ether oxygens (including phenoxy) is 1. The number of benzene rings is 2. The molecule has 0 N–H and O–H groups in total. The molecule has 1 aliphatic heterocycles. The summed E-state index contributed by atoms with van der Waals surface area (Å²) >= 11 is 5.87. The first kappa shape index (κ1) is 23.8. The van der Waals surface area contributed by atoms with E-state index in [2.05, 4.69) is 10.1 Å². The lowest BCUT2D eigenvalue weighted by atomic mass is 9.96. The number of halogens is 1. The van der Waals surface area contributed by atoms with Gasteiger partial charge in [0.25, 0.3) is 17.7 Å². The summed E-state index contributed by atoms with van der Waals surface area (Å²) in [6.07, 6.45) is 0. The summed E-state index contributed by atoms with van der Waals surface area (Å²) in [4.78, 5) is 33.8. The average Bonchev–Trinajstić information content (AvgIpc) is 3.34. The van der Waals surface area contributed by atoms with Crippen molar-refractivity contribution in [3.63, 3.8) is 0 Å². The number of amides is 2. The van der Waals surface area contributed by atoms with Crippen molar-refractivity contribution in [2.75, 3.05) is 32.8 Å². The summed E-state index contributed by atoms with van der Waals surface area (Å²) in [5.74, 6) is 1.23. The zero-order chi connectivity index (χ0) is 24.3. The highest BCUT2D eigenvalue weighted by atomic mass is 35.5. The molecule has 9 heteroatoms. The van der Waals surface area contributed by atoms with Gasteiger partial charge >= 0.3 is 0 Å². The van der Waals surface area contributed by atoms with Crippen LogP contribution in [0.2, 0.25) is 5.02 Å². The smallest absolute Gasteiger partial charge is 0.260 e. The third kappa shape index (κ3) is 5.39. The highest BCUT2D eigenvalue weighted by Gasteiger charge is 2.28. The normalized spacial score (nSPS) is 14.2. The number of carbonyl (C=O) groups is 2. The maximum absolute atomic E-state index is 13.3. The quantitative estimate of drug-likeness (QED) is 0.545. The predicted molar refractivity (Wildman–Crippen MR) is 128 cm³/mol. The molecule has 178 valence electrons.